The highest BCUT2D eigenvalue weighted by atomic mass is 31.2. The number of phosphoric ester groups is 1. The number of hydrogen-bond acceptors (Lipinski definition) is 8. The molecule has 0 radical (unpaired) electrons. The molecule has 0 saturated heterocycles. The lowest BCUT2D eigenvalue weighted by Crippen LogP contribution is -2.37. The summed E-state index contributed by atoms with van der Waals surface area (Å²) in [4.78, 5) is 37.9. The Morgan fingerprint density at radius 1 is 0.405 bits per heavy atom. The van der Waals surface area contributed by atoms with Gasteiger partial charge in [-0.05, 0) is 64.2 Å². The van der Waals surface area contributed by atoms with Crippen molar-refractivity contribution in [3.63, 3.8) is 0 Å². The van der Waals surface area contributed by atoms with Gasteiger partial charge < -0.3 is 27.9 Å². The highest BCUT2D eigenvalue weighted by Gasteiger charge is 2.22. The number of rotatable bonds is 60. The molecule has 0 aliphatic carbocycles. The Morgan fingerprint density at radius 3 is 1.00 bits per heavy atom. The topological polar surface area (TPSA) is 111 Å². The van der Waals surface area contributed by atoms with E-state index in [4.69, 9.17) is 18.5 Å². The molecule has 10 heteroatoms. The van der Waals surface area contributed by atoms with Crippen molar-refractivity contribution in [2.45, 2.75) is 328 Å². The Morgan fingerprint density at radius 2 is 0.689 bits per heavy atom. The van der Waals surface area contributed by atoms with Crippen molar-refractivity contribution >= 4 is 19.8 Å². The molecule has 0 amide bonds. The molecule has 0 saturated carbocycles. The lowest BCUT2D eigenvalue weighted by molar-refractivity contribution is -0.870. The van der Waals surface area contributed by atoms with Crippen molar-refractivity contribution in [2.24, 2.45) is 0 Å². The fourth-order valence-corrected chi connectivity index (χ4v) is 10.2. The van der Waals surface area contributed by atoms with Gasteiger partial charge in [0.25, 0.3) is 7.82 Å². The Labute approximate surface area is 459 Å². The smallest absolute Gasteiger partial charge is 0.306 e. The number of ether oxygens (including phenoxy) is 2. The molecule has 0 aromatic heterocycles. The molecule has 0 heterocycles. The maximum Gasteiger partial charge on any atom is 0.306 e. The molecule has 2 unspecified atom stereocenters. The first-order chi connectivity index (χ1) is 36.0. The van der Waals surface area contributed by atoms with Gasteiger partial charge in [-0.2, -0.15) is 0 Å². The van der Waals surface area contributed by atoms with Gasteiger partial charge in [0.1, 0.15) is 19.8 Å². The monoisotopic (exact) mass is 1070 g/mol. The number of esters is 2. The van der Waals surface area contributed by atoms with Crippen LogP contribution in [0.15, 0.2) is 24.3 Å². The highest BCUT2D eigenvalue weighted by Crippen LogP contribution is 2.38. The van der Waals surface area contributed by atoms with Gasteiger partial charge in [-0.1, -0.05) is 269 Å². The number of carbonyl (C=O) groups is 2. The summed E-state index contributed by atoms with van der Waals surface area (Å²) in [6.45, 7) is 4.29. The molecule has 0 fully saturated rings. The van der Waals surface area contributed by atoms with E-state index in [9.17, 15) is 19.0 Å². The summed E-state index contributed by atoms with van der Waals surface area (Å²) in [7, 11) is 1.18. The number of phosphoric acid groups is 1. The van der Waals surface area contributed by atoms with Crippen LogP contribution in [0.25, 0.3) is 0 Å². The maximum absolute atomic E-state index is 12.8. The zero-order valence-electron chi connectivity index (χ0n) is 49.8. The van der Waals surface area contributed by atoms with Crippen LogP contribution in [0.2, 0.25) is 0 Å². The third-order valence-electron chi connectivity index (χ3n) is 14.4. The molecular formula is C64H124NO8P. The van der Waals surface area contributed by atoms with Crippen LogP contribution < -0.4 is 4.89 Å². The van der Waals surface area contributed by atoms with E-state index in [0.29, 0.717) is 17.4 Å². The number of quaternary nitrogens is 1. The van der Waals surface area contributed by atoms with Crippen LogP contribution >= 0.6 is 7.82 Å². The SMILES string of the molecule is CCCCCCCC/C=C\CCCCCCCCCCCC(=O)OCC(COP(=O)([O-])OCC[N+](C)(C)C)OC(=O)CCCCCCCCCCCCCCCCCCCCC/C=C\CCCCCCCCCC. The quantitative estimate of drug-likeness (QED) is 0.0195. The van der Waals surface area contributed by atoms with Crippen molar-refractivity contribution in [3.8, 4) is 0 Å². The minimum Gasteiger partial charge on any atom is -0.756 e. The van der Waals surface area contributed by atoms with E-state index in [1.165, 1.54) is 257 Å². The molecule has 0 aliphatic rings. The molecular weight excluding hydrogens is 942 g/mol. The standard InChI is InChI=1S/C64H124NO8P/c1-6-8-10-12-14-16-18-20-22-24-26-27-28-29-30-31-32-33-34-35-36-37-39-41-43-45-47-49-51-53-55-57-64(67)73-62(61-72-74(68,69)71-59-58-65(3,4)5)60-70-63(66)56-54-52-50-48-46-44-42-40-38-25-23-21-19-17-15-13-11-9-7-2/h21,23-24,26,62H,6-20,22,25,27-61H2,1-5H3/b23-21-,26-24-. The molecule has 438 valence electrons. The number of likely N-dealkylation sites (N-methyl/N-ethyl adjacent to an activating group) is 1. The second-order valence-corrected chi connectivity index (χ2v) is 24.5. The molecule has 0 bridgehead atoms. The Hall–Kier alpha value is -1.51. The highest BCUT2D eigenvalue weighted by molar-refractivity contribution is 7.45. The van der Waals surface area contributed by atoms with Gasteiger partial charge in [-0.15, -0.1) is 0 Å². The fraction of sp³-hybridized carbons (Fsp3) is 0.906. The largest absolute Gasteiger partial charge is 0.756 e. The molecule has 0 spiro atoms. The van der Waals surface area contributed by atoms with Gasteiger partial charge in [0.05, 0.1) is 27.7 Å². The first kappa shape index (κ1) is 72.5. The zero-order chi connectivity index (χ0) is 54.2. The lowest BCUT2D eigenvalue weighted by Gasteiger charge is -2.28. The molecule has 0 aliphatic heterocycles. The third kappa shape index (κ3) is 59.7. The van der Waals surface area contributed by atoms with Crippen LogP contribution in [-0.2, 0) is 32.7 Å². The number of allylic oxidation sites excluding steroid dienone is 4. The summed E-state index contributed by atoms with van der Waals surface area (Å²) in [5, 5.41) is 0. The molecule has 0 aromatic rings. The zero-order valence-corrected chi connectivity index (χ0v) is 50.7. The van der Waals surface area contributed by atoms with Crippen LogP contribution in [0.1, 0.15) is 322 Å². The van der Waals surface area contributed by atoms with Crippen LogP contribution in [0.5, 0.6) is 0 Å². The maximum atomic E-state index is 12.8. The second-order valence-electron chi connectivity index (χ2n) is 23.1. The molecule has 0 N–H and O–H groups in total. The fourth-order valence-electron chi connectivity index (χ4n) is 9.47. The number of hydrogen-bond donors (Lipinski definition) is 0. The van der Waals surface area contributed by atoms with Gasteiger partial charge in [0, 0.05) is 12.8 Å². The van der Waals surface area contributed by atoms with Crippen molar-refractivity contribution in [2.75, 3.05) is 47.5 Å². The lowest BCUT2D eigenvalue weighted by atomic mass is 10.0. The van der Waals surface area contributed by atoms with E-state index in [1.54, 1.807) is 0 Å². The van der Waals surface area contributed by atoms with Crippen molar-refractivity contribution in [3.05, 3.63) is 24.3 Å². The molecule has 0 rings (SSSR count). The van der Waals surface area contributed by atoms with E-state index < -0.39 is 26.5 Å². The number of nitrogens with zero attached hydrogens (tertiary/aromatic N) is 1. The molecule has 2 atom stereocenters. The van der Waals surface area contributed by atoms with E-state index in [2.05, 4.69) is 38.2 Å². The second kappa shape index (κ2) is 56.2. The summed E-state index contributed by atoms with van der Waals surface area (Å²) in [5.74, 6) is -0.818. The first-order valence-corrected chi connectivity index (χ1v) is 33.5. The van der Waals surface area contributed by atoms with Crippen molar-refractivity contribution in [1.29, 1.82) is 0 Å². The van der Waals surface area contributed by atoms with Gasteiger partial charge in [-0.25, -0.2) is 0 Å². The van der Waals surface area contributed by atoms with Gasteiger partial charge in [-0.3, -0.25) is 14.2 Å². The first-order valence-electron chi connectivity index (χ1n) is 32.0. The van der Waals surface area contributed by atoms with E-state index in [1.807, 2.05) is 21.1 Å². The average Bonchev–Trinajstić information content (AvgIpc) is 3.36. The summed E-state index contributed by atoms with van der Waals surface area (Å²) in [6.07, 6.45) is 68.2. The van der Waals surface area contributed by atoms with Crippen LogP contribution in [0.4, 0.5) is 0 Å². The molecule has 74 heavy (non-hydrogen) atoms. The van der Waals surface area contributed by atoms with Gasteiger partial charge in [0.2, 0.25) is 0 Å². The van der Waals surface area contributed by atoms with Crippen LogP contribution in [-0.4, -0.2) is 70.0 Å². The number of unbranched alkanes of at least 4 members (excludes halogenated alkanes) is 42. The summed E-state index contributed by atoms with van der Waals surface area (Å²) in [6, 6.07) is 0. The summed E-state index contributed by atoms with van der Waals surface area (Å²) >= 11 is 0. The third-order valence-corrected chi connectivity index (χ3v) is 15.4. The predicted octanol–water partition coefficient (Wildman–Crippen LogP) is 19.5. The van der Waals surface area contributed by atoms with E-state index >= 15 is 0 Å². The summed E-state index contributed by atoms with van der Waals surface area (Å²) in [5.41, 5.74) is 0. The molecule has 9 nitrogen and oxygen atoms in total. The van der Waals surface area contributed by atoms with Crippen LogP contribution in [0, 0.1) is 0 Å². The van der Waals surface area contributed by atoms with E-state index in [0.717, 1.165) is 32.1 Å². The van der Waals surface area contributed by atoms with Crippen molar-refractivity contribution < 1.29 is 42.1 Å². The Bertz CT molecular complexity index is 1300. The van der Waals surface area contributed by atoms with Gasteiger partial charge in [0.15, 0.2) is 6.10 Å². The van der Waals surface area contributed by atoms with Crippen molar-refractivity contribution in [1.82, 2.24) is 0 Å². The van der Waals surface area contributed by atoms with Gasteiger partial charge >= 0.3 is 11.9 Å². The minimum absolute atomic E-state index is 0.0282. The number of carbonyl (C=O) groups excluding carboxylic acids is 2. The van der Waals surface area contributed by atoms with Crippen LogP contribution in [0.3, 0.4) is 0 Å². The van der Waals surface area contributed by atoms with E-state index in [-0.39, 0.29) is 32.0 Å². The average molecular weight is 1070 g/mol. The Balaban J connectivity index is 4.02. The molecule has 0 aromatic carbocycles. The Kier molecular flexibility index (Phi) is 55.1. The summed E-state index contributed by atoms with van der Waals surface area (Å²) < 4.78 is 34.2. The predicted molar refractivity (Wildman–Crippen MR) is 314 cm³/mol. The normalized spacial score (nSPS) is 13.3. The minimum atomic E-state index is -4.63.